The minimum atomic E-state index is -0.785. The van der Waals surface area contributed by atoms with E-state index in [2.05, 4.69) is 5.32 Å². The smallest absolute Gasteiger partial charge is 0.326 e. The molecular formula is C19H21ClN2O5. The first-order valence-corrected chi connectivity index (χ1v) is 9.31. The predicted octanol–water partition coefficient (Wildman–Crippen LogP) is 2.31. The summed E-state index contributed by atoms with van der Waals surface area (Å²) >= 11 is 5.99. The second kappa shape index (κ2) is 8.08. The number of benzene rings is 1. The Labute approximate surface area is 162 Å². The van der Waals surface area contributed by atoms with Crippen LogP contribution in [0, 0.1) is 18.8 Å². The summed E-state index contributed by atoms with van der Waals surface area (Å²) in [7, 11) is 0. The molecule has 7 nitrogen and oxygen atoms in total. The predicted molar refractivity (Wildman–Crippen MR) is 97.9 cm³/mol. The zero-order valence-electron chi connectivity index (χ0n) is 15.0. The van der Waals surface area contributed by atoms with Gasteiger partial charge in [0.2, 0.25) is 11.8 Å². The van der Waals surface area contributed by atoms with E-state index < -0.39 is 25.0 Å². The molecule has 144 valence electrons. The summed E-state index contributed by atoms with van der Waals surface area (Å²) < 4.78 is 4.91. The van der Waals surface area contributed by atoms with Gasteiger partial charge in [0.1, 0.15) is 6.54 Å². The van der Waals surface area contributed by atoms with Gasteiger partial charge < -0.3 is 10.1 Å². The standard InChI is InChI=1S/C19H21ClN2O5/c1-11-6-7-12(8-15(11)20)21-16(23)10-27-17(24)9-22-18(25)13-4-2-3-5-14(13)19(22)26/h6-8,13-14H,2-5,9-10H2,1H3,(H,21,23)/t13-,14-/m1/s1. The summed E-state index contributed by atoms with van der Waals surface area (Å²) in [5.41, 5.74) is 1.36. The van der Waals surface area contributed by atoms with Gasteiger partial charge in [-0.2, -0.15) is 0 Å². The van der Waals surface area contributed by atoms with Crippen molar-refractivity contribution in [3.05, 3.63) is 28.8 Å². The lowest BCUT2D eigenvalue weighted by molar-refractivity contribution is -0.154. The fourth-order valence-corrected chi connectivity index (χ4v) is 3.76. The minimum Gasteiger partial charge on any atom is -0.454 e. The van der Waals surface area contributed by atoms with Gasteiger partial charge in [-0.1, -0.05) is 30.5 Å². The molecule has 2 aliphatic rings. The van der Waals surface area contributed by atoms with Crippen LogP contribution in [-0.4, -0.2) is 41.7 Å². The number of hydrogen-bond acceptors (Lipinski definition) is 5. The van der Waals surface area contributed by atoms with E-state index in [4.69, 9.17) is 16.3 Å². The molecule has 1 aliphatic carbocycles. The highest BCUT2D eigenvalue weighted by molar-refractivity contribution is 6.31. The second-order valence-electron chi connectivity index (χ2n) is 6.93. The van der Waals surface area contributed by atoms with Crippen molar-refractivity contribution in [1.29, 1.82) is 0 Å². The van der Waals surface area contributed by atoms with Crippen molar-refractivity contribution in [2.24, 2.45) is 11.8 Å². The molecule has 0 radical (unpaired) electrons. The van der Waals surface area contributed by atoms with Crippen molar-refractivity contribution in [3.8, 4) is 0 Å². The number of carbonyl (C=O) groups is 4. The van der Waals surface area contributed by atoms with E-state index in [1.807, 2.05) is 6.92 Å². The van der Waals surface area contributed by atoms with Crippen molar-refractivity contribution >= 4 is 41.0 Å². The molecule has 3 amide bonds. The number of fused-ring (bicyclic) bond motifs is 1. The molecule has 1 aliphatic heterocycles. The Morgan fingerprint density at radius 2 is 1.81 bits per heavy atom. The van der Waals surface area contributed by atoms with Crippen LogP contribution in [0.5, 0.6) is 0 Å². The Balaban J connectivity index is 1.49. The van der Waals surface area contributed by atoms with Gasteiger partial charge in [-0.15, -0.1) is 0 Å². The summed E-state index contributed by atoms with van der Waals surface area (Å²) in [5.74, 6) is -2.55. The number of imide groups is 1. The largest absolute Gasteiger partial charge is 0.454 e. The number of amides is 3. The van der Waals surface area contributed by atoms with E-state index in [1.165, 1.54) is 0 Å². The van der Waals surface area contributed by atoms with Crippen LogP contribution >= 0.6 is 11.6 Å². The van der Waals surface area contributed by atoms with Gasteiger partial charge in [0.15, 0.2) is 6.61 Å². The molecule has 1 aromatic rings. The average Bonchev–Trinajstić information content (AvgIpc) is 2.88. The molecule has 2 atom stereocenters. The van der Waals surface area contributed by atoms with Gasteiger partial charge in [0, 0.05) is 10.7 Å². The van der Waals surface area contributed by atoms with Gasteiger partial charge in [-0.3, -0.25) is 24.1 Å². The Morgan fingerprint density at radius 3 is 2.41 bits per heavy atom. The second-order valence-corrected chi connectivity index (χ2v) is 7.34. The minimum absolute atomic E-state index is 0.305. The highest BCUT2D eigenvalue weighted by Crippen LogP contribution is 2.37. The quantitative estimate of drug-likeness (QED) is 0.613. The van der Waals surface area contributed by atoms with Crippen molar-refractivity contribution in [3.63, 3.8) is 0 Å². The first-order chi connectivity index (χ1) is 12.9. The number of nitrogens with zero attached hydrogens (tertiary/aromatic N) is 1. The van der Waals surface area contributed by atoms with Gasteiger partial charge in [0.05, 0.1) is 11.8 Å². The van der Waals surface area contributed by atoms with Crippen LogP contribution in [0.25, 0.3) is 0 Å². The van der Waals surface area contributed by atoms with Crippen LogP contribution < -0.4 is 5.32 Å². The van der Waals surface area contributed by atoms with Crippen LogP contribution in [-0.2, 0) is 23.9 Å². The third kappa shape index (κ3) is 4.30. The van der Waals surface area contributed by atoms with Crippen LogP contribution in [0.4, 0.5) is 5.69 Å². The van der Waals surface area contributed by atoms with Crippen LogP contribution in [0.3, 0.4) is 0 Å². The topological polar surface area (TPSA) is 92.8 Å². The summed E-state index contributed by atoms with van der Waals surface area (Å²) in [6.07, 6.45) is 3.20. The van der Waals surface area contributed by atoms with Crippen molar-refractivity contribution < 1.29 is 23.9 Å². The number of ether oxygens (including phenoxy) is 1. The number of carbonyl (C=O) groups excluding carboxylic acids is 4. The van der Waals surface area contributed by atoms with Crippen molar-refractivity contribution in [2.75, 3.05) is 18.5 Å². The van der Waals surface area contributed by atoms with Crippen molar-refractivity contribution in [1.82, 2.24) is 4.90 Å². The number of likely N-dealkylation sites (tertiary alicyclic amines) is 1. The van der Waals surface area contributed by atoms with E-state index in [0.29, 0.717) is 23.6 Å². The zero-order valence-corrected chi connectivity index (χ0v) is 15.8. The first-order valence-electron chi connectivity index (χ1n) is 8.93. The Kier molecular flexibility index (Phi) is 5.79. The Morgan fingerprint density at radius 1 is 1.19 bits per heavy atom. The summed E-state index contributed by atoms with van der Waals surface area (Å²) in [5, 5.41) is 3.08. The van der Waals surface area contributed by atoms with E-state index in [1.54, 1.807) is 18.2 Å². The summed E-state index contributed by atoms with van der Waals surface area (Å²) in [6, 6.07) is 5.04. The molecule has 1 saturated carbocycles. The number of aryl methyl sites for hydroxylation is 1. The zero-order chi connectivity index (χ0) is 19.6. The highest BCUT2D eigenvalue weighted by atomic mass is 35.5. The molecule has 3 rings (SSSR count). The molecule has 1 heterocycles. The fraction of sp³-hybridized carbons (Fsp3) is 0.474. The molecule has 1 aromatic carbocycles. The average molecular weight is 393 g/mol. The highest BCUT2D eigenvalue weighted by Gasteiger charge is 2.48. The lowest BCUT2D eigenvalue weighted by atomic mass is 9.81. The lowest BCUT2D eigenvalue weighted by Crippen LogP contribution is -2.37. The van der Waals surface area contributed by atoms with E-state index >= 15 is 0 Å². The summed E-state index contributed by atoms with van der Waals surface area (Å²) in [6.45, 7) is 0.883. The number of esters is 1. The van der Waals surface area contributed by atoms with Crippen molar-refractivity contribution in [2.45, 2.75) is 32.6 Å². The molecule has 0 bridgehead atoms. The van der Waals surface area contributed by atoms with Crippen LogP contribution in [0.1, 0.15) is 31.2 Å². The molecule has 2 fully saturated rings. The SMILES string of the molecule is Cc1ccc(NC(=O)COC(=O)CN2C(=O)[C@@H]3CCCC[C@H]3C2=O)cc1Cl. The van der Waals surface area contributed by atoms with Crippen LogP contribution in [0.2, 0.25) is 5.02 Å². The van der Waals surface area contributed by atoms with E-state index in [-0.39, 0.29) is 23.7 Å². The Hall–Kier alpha value is -2.41. The molecule has 1 N–H and O–H groups in total. The number of anilines is 1. The van der Waals surface area contributed by atoms with Gasteiger partial charge in [0.25, 0.3) is 5.91 Å². The number of nitrogens with one attached hydrogen (secondary N) is 1. The number of rotatable bonds is 5. The van der Waals surface area contributed by atoms with E-state index in [0.717, 1.165) is 23.3 Å². The molecule has 0 aromatic heterocycles. The monoisotopic (exact) mass is 392 g/mol. The fourth-order valence-electron chi connectivity index (χ4n) is 3.58. The molecule has 1 saturated heterocycles. The summed E-state index contributed by atoms with van der Waals surface area (Å²) in [4.78, 5) is 49.5. The van der Waals surface area contributed by atoms with Gasteiger partial charge in [-0.25, -0.2) is 0 Å². The maximum absolute atomic E-state index is 12.3. The van der Waals surface area contributed by atoms with E-state index in [9.17, 15) is 19.2 Å². The van der Waals surface area contributed by atoms with Gasteiger partial charge in [-0.05, 0) is 37.5 Å². The maximum atomic E-state index is 12.3. The number of halogens is 1. The molecule has 8 heteroatoms. The van der Waals surface area contributed by atoms with Crippen LogP contribution in [0.15, 0.2) is 18.2 Å². The first kappa shape index (κ1) is 19.4. The number of hydrogen-bond donors (Lipinski definition) is 1. The third-order valence-electron chi connectivity index (χ3n) is 5.04. The van der Waals surface area contributed by atoms with Gasteiger partial charge >= 0.3 is 5.97 Å². The molecule has 0 spiro atoms. The molecular weight excluding hydrogens is 372 g/mol. The normalized spacial score (nSPS) is 21.8. The molecule has 27 heavy (non-hydrogen) atoms. The Bertz CT molecular complexity index is 770. The third-order valence-corrected chi connectivity index (χ3v) is 5.45. The molecule has 0 unspecified atom stereocenters. The maximum Gasteiger partial charge on any atom is 0.326 e. The lowest BCUT2D eigenvalue weighted by Gasteiger charge is -2.19.